The van der Waals surface area contributed by atoms with E-state index in [0.717, 1.165) is 12.0 Å². The lowest BCUT2D eigenvalue weighted by molar-refractivity contribution is -0.124. The molecule has 2 saturated heterocycles. The first-order valence-electron chi connectivity index (χ1n) is 9.23. The largest absolute Gasteiger partial charge is 0.373 e. The van der Waals surface area contributed by atoms with Crippen molar-refractivity contribution in [1.82, 2.24) is 9.62 Å². The van der Waals surface area contributed by atoms with Crippen LogP contribution in [0.4, 0.5) is 0 Å². The van der Waals surface area contributed by atoms with Gasteiger partial charge in [0.05, 0.1) is 23.1 Å². The number of piperidine rings is 1. The van der Waals surface area contributed by atoms with Gasteiger partial charge >= 0.3 is 0 Å². The molecule has 2 heterocycles. The summed E-state index contributed by atoms with van der Waals surface area (Å²) in [7, 11) is -3.47. The second-order valence-corrected chi connectivity index (χ2v) is 9.72. The van der Waals surface area contributed by atoms with E-state index in [0.29, 0.717) is 37.4 Å². The first-order chi connectivity index (χ1) is 12.2. The maximum Gasteiger partial charge on any atom is 0.243 e. The summed E-state index contributed by atoms with van der Waals surface area (Å²) in [5, 5.41) is 3.03. The van der Waals surface area contributed by atoms with Crippen LogP contribution >= 0.6 is 0 Å². The normalized spacial score (nSPS) is 23.5. The van der Waals surface area contributed by atoms with Gasteiger partial charge in [0.25, 0.3) is 0 Å². The summed E-state index contributed by atoms with van der Waals surface area (Å²) in [6.07, 6.45) is 2.07. The summed E-state index contributed by atoms with van der Waals surface area (Å²) in [4.78, 5) is 12.2. The Morgan fingerprint density at radius 2 is 2.00 bits per heavy atom. The van der Waals surface area contributed by atoms with Crippen LogP contribution in [-0.2, 0) is 19.6 Å². The van der Waals surface area contributed by atoms with E-state index in [4.69, 9.17) is 4.74 Å². The van der Waals surface area contributed by atoms with Gasteiger partial charge in [0.2, 0.25) is 15.9 Å². The molecule has 26 heavy (non-hydrogen) atoms. The third-order valence-electron chi connectivity index (χ3n) is 5.34. The number of hydrogen-bond donors (Lipinski definition) is 1. The number of benzene rings is 1. The fourth-order valence-corrected chi connectivity index (χ4v) is 5.26. The molecular formula is C19H28N2O4S. The molecule has 0 unspecified atom stereocenters. The van der Waals surface area contributed by atoms with Gasteiger partial charge in [0, 0.05) is 19.0 Å². The molecule has 7 heteroatoms. The molecule has 2 fully saturated rings. The standard InChI is InChI=1S/C19H28N2O4S/c1-14(2)18(22)20-16-12-19(25-13-16)7-9-21(10-8-19)26(23,24)17-6-4-5-15(3)11-17/h4-6,11,14,16H,7-10,12-13H2,1-3H3,(H,20,22)/t16-/m1/s1. The predicted molar refractivity (Wildman–Crippen MR) is 99.2 cm³/mol. The van der Waals surface area contributed by atoms with Crippen molar-refractivity contribution in [2.75, 3.05) is 19.7 Å². The monoisotopic (exact) mass is 380 g/mol. The maximum atomic E-state index is 12.9. The fourth-order valence-electron chi connectivity index (χ4n) is 3.71. The number of amides is 1. The second-order valence-electron chi connectivity index (χ2n) is 7.78. The van der Waals surface area contributed by atoms with Crippen molar-refractivity contribution in [2.24, 2.45) is 5.92 Å². The Balaban J connectivity index is 1.62. The zero-order valence-corrected chi connectivity index (χ0v) is 16.5. The van der Waals surface area contributed by atoms with Gasteiger partial charge < -0.3 is 10.1 Å². The van der Waals surface area contributed by atoms with Crippen LogP contribution in [0.5, 0.6) is 0 Å². The second kappa shape index (κ2) is 7.29. The van der Waals surface area contributed by atoms with Crippen LogP contribution in [0, 0.1) is 12.8 Å². The van der Waals surface area contributed by atoms with Crippen LogP contribution in [-0.4, -0.2) is 50.0 Å². The average Bonchev–Trinajstić information content (AvgIpc) is 2.97. The number of hydrogen-bond acceptors (Lipinski definition) is 4. The molecule has 0 aliphatic carbocycles. The van der Waals surface area contributed by atoms with Gasteiger partial charge in [-0.2, -0.15) is 4.31 Å². The molecule has 2 aliphatic rings. The van der Waals surface area contributed by atoms with Crippen molar-refractivity contribution in [3.63, 3.8) is 0 Å². The van der Waals surface area contributed by atoms with Crippen molar-refractivity contribution in [3.8, 4) is 0 Å². The number of aryl methyl sites for hydroxylation is 1. The van der Waals surface area contributed by atoms with E-state index in [1.807, 2.05) is 26.8 Å². The van der Waals surface area contributed by atoms with Gasteiger partial charge in [0.1, 0.15) is 0 Å². The number of rotatable bonds is 4. The Hall–Kier alpha value is -1.44. The van der Waals surface area contributed by atoms with Crippen LogP contribution in [0.15, 0.2) is 29.2 Å². The van der Waals surface area contributed by atoms with Crippen LogP contribution in [0.1, 0.15) is 38.7 Å². The van der Waals surface area contributed by atoms with E-state index in [1.165, 1.54) is 0 Å². The van der Waals surface area contributed by atoms with Gasteiger partial charge in [0.15, 0.2) is 0 Å². The number of sulfonamides is 1. The highest BCUT2D eigenvalue weighted by molar-refractivity contribution is 7.89. The summed E-state index contributed by atoms with van der Waals surface area (Å²) in [6.45, 7) is 7.03. The molecule has 0 radical (unpaired) electrons. The van der Waals surface area contributed by atoms with Crippen LogP contribution < -0.4 is 5.32 Å². The first kappa shape index (κ1) is 19.3. The van der Waals surface area contributed by atoms with Gasteiger partial charge in [-0.25, -0.2) is 8.42 Å². The number of nitrogens with zero attached hydrogens (tertiary/aromatic N) is 1. The van der Waals surface area contributed by atoms with E-state index in [2.05, 4.69) is 5.32 Å². The first-order valence-corrected chi connectivity index (χ1v) is 10.7. The van der Waals surface area contributed by atoms with Crippen molar-refractivity contribution < 1.29 is 17.9 Å². The Morgan fingerprint density at radius 1 is 1.31 bits per heavy atom. The zero-order valence-electron chi connectivity index (χ0n) is 15.7. The summed E-state index contributed by atoms with van der Waals surface area (Å²) >= 11 is 0. The number of ether oxygens (including phenoxy) is 1. The summed E-state index contributed by atoms with van der Waals surface area (Å²) in [5.74, 6) is -0.0111. The van der Waals surface area contributed by atoms with E-state index in [9.17, 15) is 13.2 Å². The molecule has 0 saturated carbocycles. The Bertz CT molecular complexity index is 767. The van der Waals surface area contributed by atoms with E-state index < -0.39 is 10.0 Å². The predicted octanol–water partition coefficient (Wildman–Crippen LogP) is 2.08. The average molecular weight is 381 g/mol. The molecule has 1 aromatic carbocycles. The molecule has 1 amide bonds. The molecule has 1 N–H and O–H groups in total. The van der Waals surface area contributed by atoms with Gasteiger partial charge in [-0.1, -0.05) is 26.0 Å². The lowest BCUT2D eigenvalue weighted by Crippen LogP contribution is -2.47. The van der Waals surface area contributed by atoms with Crippen LogP contribution in [0.25, 0.3) is 0 Å². The highest BCUT2D eigenvalue weighted by Gasteiger charge is 2.45. The Morgan fingerprint density at radius 3 is 2.62 bits per heavy atom. The van der Waals surface area contributed by atoms with Crippen LogP contribution in [0.3, 0.4) is 0 Å². The summed E-state index contributed by atoms with van der Waals surface area (Å²) < 4.78 is 33.3. The van der Waals surface area contributed by atoms with Gasteiger partial charge in [-0.15, -0.1) is 0 Å². The quantitative estimate of drug-likeness (QED) is 0.868. The van der Waals surface area contributed by atoms with Gasteiger partial charge in [-0.3, -0.25) is 4.79 Å². The molecule has 3 rings (SSSR count). The minimum absolute atomic E-state index is 0.0184. The van der Waals surface area contributed by atoms with Crippen molar-refractivity contribution in [3.05, 3.63) is 29.8 Å². The minimum Gasteiger partial charge on any atom is -0.373 e. The molecule has 144 valence electrons. The topological polar surface area (TPSA) is 75.7 Å². The molecular weight excluding hydrogens is 352 g/mol. The van der Waals surface area contributed by atoms with E-state index >= 15 is 0 Å². The third-order valence-corrected chi connectivity index (χ3v) is 7.24. The maximum absolute atomic E-state index is 12.9. The number of nitrogens with one attached hydrogen (secondary N) is 1. The zero-order chi connectivity index (χ0) is 18.9. The van der Waals surface area contributed by atoms with Crippen molar-refractivity contribution >= 4 is 15.9 Å². The highest BCUT2D eigenvalue weighted by atomic mass is 32.2. The number of carbonyl (C=O) groups is 1. The Labute approximate surface area is 156 Å². The third kappa shape index (κ3) is 3.94. The molecule has 6 nitrogen and oxygen atoms in total. The minimum atomic E-state index is -3.47. The summed E-state index contributed by atoms with van der Waals surface area (Å²) in [6, 6.07) is 7.04. The molecule has 0 bridgehead atoms. The highest BCUT2D eigenvalue weighted by Crippen LogP contribution is 2.37. The Kier molecular flexibility index (Phi) is 5.42. The van der Waals surface area contributed by atoms with Crippen molar-refractivity contribution in [1.29, 1.82) is 0 Å². The lowest BCUT2D eigenvalue weighted by Gasteiger charge is -2.38. The smallest absolute Gasteiger partial charge is 0.243 e. The molecule has 1 aromatic rings. The molecule has 1 spiro atoms. The van der Waals surface area contributed by atoms with E-state index in [1.54, 1.807) is 22.5 Å². The molecule has 0 aromatic heterocycles. The molecule has 1 atom stereocenters. The van der Waals surface area contributed by atoms with E-state index in [-0.39, 0.29) is 23.5 Å². The SMILES string of the molecule is Cc1cccc(S(=O)(=O)N2CCC3(CC2)C[C@@H](NC(=O)C(C)C)CO3)c1. The van der Waals surface area contributed by atoms with Crippen LogP contribution in [0.2, 0.25) is 0 Å². The molecule has 2 aliphatic heterocycles. The lowest BCUT2D eigenvalue weighted by atomic mass is 9.88. The fraction of sp³-hybridized carbons (Fsp3) is 0.632. The van der Waals surface area contributed by atoms with Gasteiger partial charge in [-0.05, 0) is 43.9 Å². The van der Waals surface area contributed by atoms with Crippen molar-refractivity contribution in [2.45, 2.75) is 56.6 Å². The summed E-state index contributed by atoms with van der Waals surface area (Å²) in [5.41, 5.74) is 0.621. The number of carbonyl (C=O) groups excluding carboxylic acids is 1.